The zero-order valence-corrected chi connectivity index (χ0v) is 15.8. The second-order valence-electron chi connectivity index (χ2n) is 6.12. The van der Waals surface area contributed by atoms with Crippen molar-refractivity contribution in [3.8, 4) is 11.5 Å². The van der Waals surface area contributed by atoms with E-state index < -0.39 is 0 Å². The van der Waals surface area contributed by atoms with Gasteiger partial charge in [-0.15, -0.1) is 0 Å². The molecule has 0 unspecified atom stereocenters. The van der Waals surface area contributed by atoms with Crippen molar-refractivity contribution in [1.29, 1.82) is 0 Å². The van der Waals surface area contributed by atoms with E-state index >= 15 is 0 Å². The highest BCUT2D eigenvalue weighted by molar-refractivity contribution is 5.78. The van der Waals surface area contributed by atoms with Crippen LogP contribution >= 0.6 is 0 Å². The van der Waals surface area contributed by atoms with Gasteiger partial charge in [-0.3, -0.25) is 4.79 Å². The third-order valence-electron chi connectivity index (χ3n) is 4.10. The van der Waals surface area contributed by atoms with Crippen LogP contribution in [0.2, 0.25) is 0 Å². The molecule has 1 aromatic carbocycles. The molecule has 6 nitrogen and oxygen atoms in total. The molecule has 0 bridgehead atoms. The van der Waals surface area contributed by atoms with Crippen molar-refractivity contribution in [3.63, 3.8) is 0 Å². The van der Waals surface area contributed by atoms with Gasteiger partial charge in [0.05, 0.1) is 25.3 Å². The number of amides is 1. The van der Waals surface area contributed by atoms with E-state index in [1.165, 1.54) is 0 Å². The lowest BCUT2D eigenvalue weighted by Crippen LogP contribution is -2.27. The molecule has 0 fully saturated rings. The van der Waals surface area contributed by atoms with Gasteiger partial charge in [0.15, 0.2) is 11.5 Å². The molecule has 1 N–H and O–H groups in total. The Bertz CT molecular complexity index is 872. The molecule has 1 amide bonds. The lowest BCUT2D eigenvalue weighted by Gasteiger charge is -2.12. The van der Waals surface area contributed by atoms with Crippen LogP contribution in [-0.4, -0.2) is 35.1 Å². The van der Waals surface area contributed by atoms with Gasteiger partial charge in [0.25, 0.3) is 0 Å². The van der Waals surface area contributed by atoms with E-state index in [2.05, 4.69) is 10.3 Å². The topological polar surface area (TPSA) is 64.9 Å². The fraction of sp³-hybridized carbons (Fsp3) is 0.333. The van der Waals surface area contributed by atoms with Gasteiger partial charge < -0.3 is 19.2 Å². The van der Waals surface area contributed by atoms with Gasteiger partial charge in [-0.25, -0.2) is 4.98 Å². The number of fused-ring (bicyclic) bond motifs is 1. The molecule has 6 heteroatoms. The summed E-state index contributed by atoms with van der Waals surface area (Å²) in [6.45, 7) is 5.63. The molecule has 0 saturated heterocycles. The minimum Gasteiger partial charge on any atom is -0.490 e. The smallest absolute Gasteiger partial charge is 0.226 e. The monoisotopic (exact) mass is 367 g/mol. The van der Waals surface area contributed by atoms with Crippen LogP contribution in [0.5, 0.6) is 11.5 Å². The number of aromatic nitrogens is 2. The number of imidazole rings is 1. The van der Waals surface area contributed by atoms with Crippen LogP contribution in [0.3, 0.4) is 0 Å². The number of carbonyl (C=O) groups is 1. The lowest BCUT2D eigenvalue weighted by molar-refractivity contribution is -0.120. The van der Waals surface area contributed by atoms with Crippen LogP contribution in [0, 0.1) is 0 Å². The van der Waals surface area contributed by atoms with Gasteiger partial charge in [0.1, 0.15) is 5.65 Å². The quantitative estimate of drug-likeness (QED) is 0.631. The van der Waals surface area contributed by atoms with Crippen molar-refractivity contribution < 1.29 is 14.3 Å². The average molecular weight is 367 g/mol. The van der Waals surface area contributed by atoms with E-state index in [-0.39, 0.29) is 12.3 Å². The summed E-state index contributed by atoms with van der Waals surface area (Å²) in [6, 6.07) is 11.7. The van der Waals surface area contributed by atoms with Crippen LogP contribution in [0.4, 0.5) is 0 Å². The predicted octanol–water partition coefficient (Wildman–Crippen LogP) is 3.03. The Morgan fingerprint density at radius 1 is 1.11 bits per heavy atom. The molecule has 0 aliphatic heterocycles. The van der Waals surface area contributed by atoms with Crippen LogP contribution in [-0.2, 0) is 17.6 Å². The zero-order chi connectivity index (χ0) is 19.1. The Hall–Kier alpha value is -3.02. The first-order valence-electron chi connectivity index (χ1n) is 9.27. The molecule has 142 valence electrons. The Labute approximate surface area is 159 Å². The normalized spacial score (nSPS) is 10.7. The Morgan fingerprint density at radius 3 is 2.70 bits per heavy atom. The molecule has 0 radical (unpaired) electrons. The van der Waals surface area contributed by atoms with Crippen LogP contribution in [0.15, 0.2) is 48.8 Å². The molecular formula is C21H25N3O3. The minimum absolute atomic E-state index is 0.0330. The van der Waals surface area contributed by atoms with Gasteiger partial charge in [-0.1, -0.05) is 12.1 Å². The van der Waals surface area contributed by atoms with Gasteiger partial charge in [-0.05, 0) is 50.1 Å². The molecule has 3 rings (SSSR count). The zero-order valence-electron chi connectivity index (χ0n) is 15.8. The van der Waals surface area contributed by atoms with E-state index in [1.807, 2.05) is 67.0 Å². The summed E-state index contributed by atoms with van der Waals surface area (Å²) in [7, 11) is 0. The van der Waals surface area contributed by atoms with E-state index in [9.17, 15) is 4.79 Å². The van der Waals surface area contributed by atoms with Crippen LogP contribution in [0.1, 0.15) is 25.1 Å². The van der Waals surface area contributed by atoms with Crippen molar-refractivity contribution in [1.82, 2.24) is 14.7 Å². The highest BCUT2D eigenvalue weighted by atomic mass is 16.5. The second-order valence-corrected chi connectivity index (χ2v) is 6.12. The molecule has 0 atom stereocenters. The second kappa shape index (κ2) is 9.07. The highest BCUT2D eigenvalue weighted by Gasteiger charge is 2.09. The summed E-state index contributed by atoms with van der Waals surface area (Å²) in [5.74, 6) is 1.46. The molecule has 27 heavy (non-hydrogen) atoms. The molecular weight excluding hydrogens is 342 g/mol. The van der Waals surface area contributed by atoms with Gasteiger partial charge >= 0.3 is 0 Å². The predicted molar refractivity (Wildman–Crippen MR) is 104 cm³/mol. The summed E-state index contributed by atoms with van der Waals surface area (Å²) >= 11 is 0. The summed E-state index contributed by atoms with van der Waals surface area (Å²) < 4.78 is 13.1. The van der Waals surface area contributed by atoms with Crippen molar-refractivity contribution in [2.45, 2.75) is 26.7 Å². The molecule has 0 aliphatic rings. The maximum absolute atomic E-state index is 12.2. The molecule has 0 aliphatic carbocycles. The lowest BCUT2D eigenvalue weighted by atomic mass is 10.1. The number of pyridine rings is 1. The SMILES string of the molecule is CCOc1ccc(CCNC(=O)Cc2cn3ccccc3n2)cc1OCC. The van der Waals surface area contributed by atoms with E-state index in [0.29, 0.717) is 19.8 Å². The van der Waals surface area contributed by atoms with Crippen LogP contribution in [0.25, 0.3) is 5.65 Å². The number of hydrogen-bond donors (Lipinski definition) is 1. The maximum Gasteiger partial charge on any atom is 0.226 e. The Morgan fingerprint density at radius 2 is 1.93 bits per heavy atom. The fourth-order valence-electron chi connectivity index (χ4n) is 2.90. The van der Waals surface area contributed by atoms with E-state index in [1.54, 1.807) is 0 Å². The largest absolute Gasteiger partial charge is 0.490 e. The minimum atomic E-state index is -0.0330. The van der Waals surface area contributed by atoms with Crippen molar-refractivity contribution in [2.75, 3.05) is 19.8 Å². The third kappa shape index (κ3) is 5.00. The number of benzene rings is 1. The van der Waals surface area contributed by atoms with Crippen molar-refractivity contribution in [3.05, 3.63) is 60.0 Å². The number of carbonyl (C=O) groups excluding carboxylic acids is 1. The molecule has 0 spiro atoms. The first-order valence-corrected chi connectivity index (χ1v) is 9.27. The highest BCUT2D eigenvalue weighted by Crippen LogP contribution is 2.28. The van der Waals surface area contributed by atoms with E-state index in [4.69, 9.17) is 9.47 Å². The van der Waals surface area contributed by atoms with Gasteiger partial charge in [-0.2, -0.15) is 0 Å². The third-order valence-corrected chi connectivity index (χ3v) is 4.10. The van der Waals surface area contributed by atoms with Gasteiger partial charge in [0.2, 0.25) is 5.91 Å². The van der Waals surface area contributed by atoms with Crippen LogP contribution < -0.4 is 14.8 Å². The van der Waals surface area contributed by atoms with Gasteiger partial charge in [0, 0.05) is 18.9 Å². The Balaban J connectivity index is 1.52. The molecule has 3 aromatic rings. The van der Waals surface area contributed by atoms with E-state index in [0.717, 1.165) is 34.8 Å². The Kier molecular flexibility index (Phi) is 6.30. The molecule has 2 heterocycles. The number of nitrogens with one attached hydrogen (secondary N) is 1. The van der Waals surface area contributed by atoms with Crippen molar-refractivity contribution >= 4 is 11.6 Å². The first-order chi connectivity index (χ1) is 13.2. The molecule has 2 aromatic heterocycles. The molecule has 0 saturated carbocycles. The summed E-state index contributed by atoms with van der Waals surface area (Å²) in [5, 5.41) is 2.95. The summed E-state index contributed by atoms with van der Waals surface area (Å²) in [4.78, 5) is 16.6. The van der Waals surface area contributed by atoms with Crippen molar-refractivity contribution in [2.24, 2.45) is 0 Å². The standard InChI is InChI=1S/C21H25N3O3/c1-3-26-18-9-8-16(13-19(18)27-4-2)10-11-22-21(25)14-17-15-24-12-6-5-7-20(24)23-17/h5-9,12-13,15H,3-4,10-11,14H2,1-2H3,(H,22,25). The summed E-state index contributed by atoms with van der Waals surface area (Å²) in [6.07, 6.45) is 4.81. The number of rotatable bonds is 9. The number of ether oxygens (including phenoxy) is 2. The first kappa shape index (κ1) is 18.8. The summed E-state index contributed by atoms with van der Waals surface area (Å²) in [5.41, 5.74) is 2.70. The number of hydrogen-bond acceptors (Lipinski definition) is 4. The fourth-order valence-corrected chi connectivity index (χ4v) is 2.90. The average Bonchev–Trinajstić information content (AvgIpc) is 3.06. The number of nitrogens with zero attached hydrogens (tertiary/aromatic N) is 2. The maximum atomic E-state index is 12.2.